The Morgan fingerprint density at radius 3 is 2.04 bits per heavy atom. The molecule has 0 aromatic heterocycles. The van der Waals surface area contributed by atoms with E-state index in [2.05, 4.69) is 4.90 Å². The lowest BCUT2D eigenvalue weighted by Crippen LogP contribution is -2.31. The molecule has 4 rings (SSSR count). The van der Waals surface area contributed by atoms with E-state index in [1.165, 1.54) is 24.2 Å². The number of aldehydes is 1. The molecule has 2 aliphatic rings. The van der Waals surface area contributed by atoms with Crippen LogP contribution < -0.4 is 9.80 Å². The molecule has 1 saturated heterocycles. The van der Waals surface area contributed by atoms with Gasteiger partial charge in [-0.2, -0.15) is 0 Å². The van der Waals surface area contributed by atoms with E-state index in [9.17, 15) is 14.4 Å². The van der Waals surface area contributed by atoms with Gasteiger partial charge in [0.15, 0.2) is 6.29 Å². The number of hydrogen-bond acceptors (Lipinski definition) is 4. The smallest absolute Gasteiger partial charge is 0.268 e. The van der Waals surface area contributed by atoms with Gasteiger partial charge in [-0.1, -0.05) is 37.5 Å². The number of fused-ring (bicyclic) bond motifs is 1. The minimum Gasteiger partial charge on any atom is -0.371 e. The van der Waals surface area contributed by atoms with Crippen LogP contribution in [0, 0.1) is 0 Å². The van der Waals surface area contributed by atoms with E-state index in [0.29, 0.717) is 17.5 Å². The zero-order valence-corrected chi connectivity index (χ0v) is 15.2. The fourth-order valence-electron chi connectivity index (χ4n) is 4.03. The Balaban J connectivity index is 1.82. The summed E-state index contributed by atoms with van der Waals surface area (Å²) in [4.78, 5) is 41.3. The summed E-state index contributed by atoms with van der Waals surface area (Å²) in [6.45, 7) is 1.72. The van der Waals surface area contributed by atoms with Gasteiger partial charge in [-0.15, -0.1) is 0 Å². The standard InChI is InChI=1S/C22H22N2O3/c25-15-16-11-12-18(23-13-7-2-1-3-8-14-23)20-19(16)21(26)24(22(20)27)17-9-5-4-6-10-17/h4-6,9-12,15H,1-3,7-8,13-14H2. The first-order valence-corrected chi connectivity index (χ1v) is 9.53. The molecule has 2 aliphatic heterocycles. The van der Waals surface area contributed by atoms with Gasteiger partial charge in [0.25, 0.3) is 11.8 Å². The highest BCUT2D eigenvalue weighted by molar-refractivity contribution is 6.37. The minimum atomic E-state index is -0.419. The third kappa shape index (κ3) is 3.03. The molecule has 0 atom stereocenters. The van der Waals surface area contributed by atoms with Gasteiger partial charge in [0, 0.05) is 18.7 Å². The van der Waals surface area contributed by atoms with Gasteiger partial charge in [-0.3, -0.25) is 14.4 Å². The van der Waals surface area contributed by atoms with Crippen LogP contribution in [0.3, 0.4) is 0 Å². The van der Waals surface area contributed by atoms with Crippen LogP contribution in [-0.2, 0) is 0 Å². The molecule has 138 valence electrons. The van der Waals surface area contributed by atoms with Crippen molar-refractivity contribution in [3.63, 3.8) is 0 Å². The SMILES string of the molecule is O=Cc1ccc(N2CCCCCCC2)c2c1C(=O)N(c1ccccc1)C2=O. The number of para-hydroxylation sites is 1. The van der Waals surface area contributed by atoms with E-state index in [4.69, 9.17) is 0 Å². The third-order valence-corrected chi connectivity index (χ3v) is 5.39. The molecule has 0 aliphatic carbocycles. The van der Waals surface area contributed by atoms with Crippen molar-refractivity contribution in [1.82, 2.24) is 0 Å². The molecule has 2 amide bonds. The van der Waals surface area contributed by atoms with Crippen LogP contribution in [0.4, 0.5) is 11.4 Å². The van der Waals surface area contributed by atoms with E-state index in [-0.39, 0.29) is 17.0 Å². The number of imide groups is 1. The summed E-state index contributed by atoms with van der Waals surface area (Å²) >= 11 is 0. The summed E-state index contributed by atoms with van der Waals surface area (Å²) < 4.78 is 0. The number of anilines is 2. The Morgan fingerprint density at radius 2 is 1.37 bits per heavy atom. The lowest BCUT2D eigenvalue weighted by atomic mass is 9.99. The molecule has 2 aromatic carbocycles. The number of nitrogens with zero attached hydrogens (tertiary/aromatic N) is 2. The van der Waals surface area contributed by atoms with Crippen molar-refractivity contribution in [3.8, 4) is 0 Å². The molecule has 0 radical (unpaired) electrons. The second kappa shape index (κ2) is 7.35. The number of benzene rings is 2. The minimum absolute atomic E-state index is 0.235. The van der Waals surface area contributed by atoms with Gasteiger partial charge in [0.1, 0.15) is 0 Å². The topological polar surface area (TPSA) is 57.7 Å². The van der Waals surface area contributed by atoms with Gasteiger partial charge in [-0.25, -0.2) is 4.90 Å². The quantitative estimate of drug-likeness (QED) is 0.610. The summed E-state index contributed by atoms with van der Waals surface area (Å²) in [5.41, 5.74) is 2.18. The number of rotatable bonds is 3. The van der Waals surface area contributed by atoms with Crippen molar-refractivity contribution < 1.29 is 14.4 Å². The van der Waals surface area contributed by atoms with Gasteiger partial charge in [0.2, 0.25) is 0 Å². The maximum atomic E-state index is 13.3. The first kappa shape index (κ1) is 17.5. The van der Waals surface area contributed by atoms with Crippen molar-refractivity contribution in [3.05, 3.63) is 59.2 Å². The fraction of sp³-hybridized carbons (Fsp3) is 0.318. The average molecular weight is 362 g/mol. The Hall–Kier alpha value is -2.95. The average Bonchev–Trinajstić information content (AvgIpc) is 2.93. The van der Waals surface area contributed by atoms with Crippen LogP contribution in [0.5, 0.6) is 0 Å². The molecular formula is C22H22N2O3. The molecule has 2 heterocycles. The molecule has 0 N–H and O–H groups in total. The molecule has 0 spiro atoms. The Labute approximate surface area is 158 Å². The predicted molar refractivity (Wildman–Crippen MR) is 105 cm³/mol. The first-order chi connectivity index (χ1) is 13.2. The van der Waals surface area contributed by atoms with Crippen LogP contribution in [-0.4, -0.2) is 31.2 Å². The van der Waals surface area contributed by atoms with Crippen LogP contribution in [0.15, 0.2) is 42.5 Å². The lowest BCUT2D eigenvalue weighted by Gasteiger charge is -2.28. The zero-order valence-electron chi connectivity index (χ0n) is 15.2. The first-order valence-electron chi connectivity index (χ1n) is 9.53. The summed E-state index contributed by atoms with van der Waals surface area (Å²) in [7, 11) is 0. The van der Waals surface area contributed by atoms with Crippen molar-refractivity contribution >= 4 is 29.5 Å². The Morgan fingerprint density at radius 1 is 0.741 bits per heavy atom. The number of amides is 2. The van der Waals surface area contributed by atoms with Crippen molar-refractivity contribution in [1.29, 1.82) is 0 Å². The third-order valence-electron chi connectivity index (χ3n) is 5.39. The molecule has 5 nitrogen and oxygen atoms in total. The molecule has 5 heteroatoms. The largest absolute Gasteiger partial charge is 0.371 e. The van der Waals surface area contributed by atoms with Crippen LogP contribution in [0.25, 0.3) is 0 Å². The Bertz CT molecular complexity index is 884. The van der Waals surface area contributed by atoms with Gasteiger partial charge < -0.3 is 4.90 Å². The Kier molecular flexibility index (Phi) is 4.75. The molecule has 2 aromatic rings. The lowest BCUT2D eigenvalue weighted by molar-refractivity contribution is 0.0923. The van der Waals surface area contributed by atoms with E-state index < -0.39 is 5.91 Å². The summed E-state index contributed by atoms with van der Waals surface area (Å²) in [6.07, 6.45) is 6.39. The molecule has 0 saturated carbocycles. The van der Waals surface area contributed by atoms with E-state index in [0.717, 1.165) is 31.6 Å². The monoisotopic (exact) mass is 362 g/mol. The number of hydrogen-bond donors (Lipinski definition) is 0. The highest BCUT2D eigenvalue weighted by atomic mass is 16.2. The van der Waals surface area contributed by atoms with E-state index in [1.807, 2.05) is 12.1 Å². The van der Waals surface area contributed by atoms with Gasteiger partial charge in [0.05, 0.1) is 22.5 Å². The molecule has 0 bridgehead atoms. The van der Waals surface area contributed by atoms with Crippen molar-refractivity contribution in [2.75, 3.05) is 22.9 Å². The van der Waals surface area contributed by atoms with Crippen LogP contribution >= 0.6 is 0 Å². The zero-order chi connectivity index (χ0) is 18.8. The number of carbonyl (C=O) groups excluding carboxylic acids is 3. The second-order valence-corrected chi connectivity index (χ2v) is 7.08. The maximum absolute atomic E-state index is 13.3. The highest BCUT2D eigenvalue weighted by Gasteiger charge is 2.41. The van der Waals surface area contributed by atoms with Gasteiger partial charge in [-0.05, 0) is 37.1 Å². The van der Waals surface area contributed by atoms with Crippen molar-refractivity contribution in [2.45, 2.75) is 32.1 Å². The normalized spacial score (nSPS) is 17.5. The predicted octanol–water partition coefficient (Wildman–Crippen LogP) is 4.07. The van der Waals surface area contributed by atoms with Crippen LogP contribution in [0.1, 0.15) is 63.2 Å². The summed E-state index contributed by atoms with van der Waals surface area (Å²) in [6, 6.07) is 12.4. The van der Waals surface area contributed by atoms with Crippen molar-refractivity contribution in [2.24, 2.45) is 0 Å². The molecule has 1 fully saturated rings. The summed E-state index contributed by atoms with van der Waals surface area (Å²) in [5, 5.41) is 0. The fourth-order valence-corrected chi connectivity index (χ4v) is 4.03. The van der Waals surface area contributed by atoms with Gasteiger partial charge >= 0.3 is 0 Å². The van der Waals surface area contributed by atoms with E-state index >= 15 is 0 Å². The van der Waals surface area contributed by atoms with E-state index in [1.54, 1.807) is 30.3 Å². The molecule has 0 unspecified atom stereocenters. The molecular weight excluding hydrogens is 340 g/mol. The summed E-state index contributed by atoms with van der Waals surface area (Å²) in [5.74, 6) is -0.765. The maximum Gasteiger partial charge on any atom is 0.268 e. The molecule has 27 heavy (non-hydrogen) atoms. The highest BCUT2D eigenvalue weighted by Crippen LogP contribution is 2.36. The van der Waals surface area contributed by atoms with Crippen LogP contribution in [0.2, 0.25) is 0 Å². The second-order valence-electron chi connectivity index (χ2n) is 7.08. The number of carbonyl (C=O) groups is 3.